The summed E-state index contributed by atoms with van der Waals surface area (Å²) in [5.41, 5.74) is 3.41. The van der Waals surface area contributed by atoms with Gasteiger partial charge >= 0.3 is 0 Å². The number of para-hydroxylation sites is 1. The number of aryl methyl sites for hydroxylation is 2. The molecule has 1 amide bonds. The van der Waals surface area contributed by atoms with Crippen molar-refractivity contribution >= 4 is 40.5 Å². The molecule has 0 aliphatic heterocycles. The molecule has 0 aliphatic carbocycles. The van der Waals surface area contributed by atoms with E-state index in [1.165, 1.54) is 7.11 Å². The largest absolute Gasteiger partial charge is 0.493 e. The Bertz CT molecular complexity index is 789. The second-order valence-electron chi connectivity index (χ2n) is 5.45. The maximum absolute atomic E-state index is 12.3. The van der Waals surface area contributed by atoms with Crippen LogP contribution in [-0.4, -0.2) is 25.9 Å². The molecule has 0 aliphatic rings. The number of amides is 1. The van der Waals surface area contributed by atoms with E-state index in [4.69, 9.17) is 9.47 Å². The van der Waals surface area contributed by atoms with Crippen LogP contribution in [0.2, 0.25) is 0 Å². The lowest BCUT2D eigenvalue weighted by Gasteiger charge is -2.15. The van der Waals surface area contributed by atoms with Gasteiger partial charge in [0.05, 0.1) is 10.7 Å². The van der Waals surface area contributed by atoms with Crippen LogP contribution in [0.5, 0.6) is 11.5 Å². The van der Waals surface area contributed by atoms with E-state index in [1.807, 2.05) is 54.6 Å². The first-order chi connectivity index (χ1) is 12.0. The van der Waals surface area contributed by atoms with Crippen LogP contribution in [0.1, 0.15) is 28.4 Å². The Hall–Kier alpha value is -2.09. The first-order valence-corrected chi connectivity index (χ1v) is 8.91. The molecule has 2 rings (SSSR count). The van der Waals surface area contributed by atoms with Crippen molar-refractivity contribution in [3.63, 3.8) is 0 Å². The molecule has 0 saturated heterocycles. The van der Waals surface area contributed by atoms with Crippen molar-refractivity contribution in [3.8, 4) is 11.5 Å². The number of carbonyl (C=O) groups is 2. The van der Waals surface area contributed by atoms with Crippen LogP contribution in [0.4, 0.5) is 5.69 Å². The Balaban J connectivity index is 2.12. The number of methoxy groups -OCH3 is 1. The number of anilines is 1. The number of hydrogen-bond donors (Lipinski definition) is 1. The van der Waals surface area contributed by atoms with Crippen molar-refractivity contribution in [2.75, 3.05) is 19.0 Å². The van der Waals surface area contributed by atoms with Gasteiger partial charge in [-0.2, -0.15) is 0 Å². The van der Waals surface area contributed by atoms with Crippen LogP contribution in [0, 0.1) is 10.5 Å². The average Bonchev–Trinajstić information content (AvgIpc) is 2.61. The topological polar surface area (TPSA) is 64.6 Å². The molecular formula is C19H20INO4. The van der Waals surface area contributed by atoms with Crippen molar-refractivity contribution in [1.29, 1.82) is 0 Å². The van der Waals surface area contributed by atoms with Gasteiger partial charge in [0.2, 0.25) is 0 Å². The number of benzene rings is 2. The number of nitrogens with one attached hydrogen (secondary N) is 1. The molecule has 25 heavy (non-hydrogen) atoms. The summed E-state index contributed by atoms with van der Waals surface area (Å²) in [6, 6.07) is 9.19. The second-order valence-corrected chi connectivity index (χ2v) is 6.61. The molecule has 6 heteroatoms. The molecule has 0 saturated carbocycles. The minimum Gasteiger partial charge on any atom is -0.493 e. The van der Waals surface area contributed by atoms with Crippen molar-refractivity contribution in [2.24, 2.45) is 0 Å². The van der Waals surface area contributed by atoms with Crippen LogP contribution in [0.15, 0.2) is 30.3 Å². The van der Waals surface area contributed by atoms with Gasteiger partial charge in [0.15, 0.2) is 18.1 Å². The molecule has 0 atom stereocenters. The van der Waals surface area contributed by atoms with Crippen LogP contribution in [-0.2, 0) is 11.2 Å². The number of ether oxygens (including phenoxy) is 2. The highest BCUT2D eigenvalue weighted by Crippen LogP contribution is 2.33. The summed E-state index contributed by atoms with van der Waals surface area (Å²) in [6.07, 6.45) is 1.57. The standard InChI is InChI=1S/C19H20INO4/c1-4-14-7-5-6-12(2)18(14)21-17(23)11-25-19-15(20)8-13(10-22)9-16(19)24-3/h5-10H,4,11H2,1-3H3,(H,21,23). The predicted molar refractivity (Wildman–Crippen MR) is 106 cm³/mol. The first kappa shape index (κ1) is 19.2. The quantitative estimate of drug-likeness (QED) is 0.509. The van der Waals surface area contributed by atoms with Gasteiger partial charge in [-0.15, -0.1) is 0 Å². The molecule has 0 fully saturated rings. The van der Waals surface area contributed by atoms with E-state index in [0.29, 0.717) is 20.6 Å². The molecule has 5 nitrogen and oxygen atoms in total. The Labute approximate surface area is 160 Å². The van der Waals surface area contributed by atoms with E-state index in [-0.39, 0.29) is 12.5 Å². The Morgan fingerprint density at radius 3 is 2.72 bits per heavy atom. The maximum atomic E-state index is 12.3. The maximum Gasteiger partial charge on any atom is 0.262 e. The predicted octanol–water partition coefficient (Wildman–Crippen LogP) is 4.00. The summed E-state index contributed by atoms with van der Waals surface area (Å²) < 4.78 is 11.6. The van der Waals surface area contributed by atoms with E-state index in [2.05, 4.69) is 5.32 Å². The summed E-state index contributed by atoms with van der Waals surface area (Å²) in [5.74, 6) is 0.623. The lowest BCUT2D eigenvalue weighted by atomic mass is 10.1. The summed E-state index contributed by atoms with van der Waals surface area (Å²) >= 11 is 2.05. The molecule has 0 heterocycles. The van der Waals surface area contributed by atoms with Gasteiger partial charge in [-0.05, 0) is 59.2 Å². The summed E-state index contributed by atoms with van der Waals surface area (Å²) in [4.78, 5) is 23.2. The van der Waals surface area contributed by atoms with Gasteiger partial charge in [-0.1, -0.05) is 25.1 Å². The number of carbonyl (C=O) groups excluding carboxylic acids is 2. The van der Waals surface area contributed by atoms with Gasteiger partial charge in [-0.3, -0.25) is 9.59 Å². The normalized spacial score (nSPS) is 10.2. The summed E-state index contributed by atoms with van der Waals surface area (Å²) in [6.45, 7) is 3.85. The third-order valence-electron chi connectivity index (χ3n) is 3.74. The molecule has 0 aromatic heterocycles. The molecule has 1 N–H and O–H groups in total. The molecule has 132 valence electrons. The fraction of sp³-hybridized carbons (Fsp3) is 0.263. The molecule has 2 aromatic carbocycles. The zero-order chi connectivity index (χ0) is 18.4. The highest BCUT2D eigenvalue weighted by molar-refractivity contribution is 14.1. The number of hydrogen-bond acceptors (Lipinski definition) is 4. The van der Waals surface area contributed by atoms with Crippen molar-refractivity contribution < 1.29 is 19.1 Å². The number of rotatable bonds is 7. The Kier molecular flexibility index (Phi) is 6.81. The van der Waals surface area contributed by atoms with Crippen LogP contribution < -0.4 is 14.8 Å². The fourth-order valence-corrected chi connectivity index (χ4v) is 3.24. The van der Waals surface area contributed by atoms with Gasteiger partial charge in [0.1, 0.15) is 6.29 Å². The summed E-state index contributed by atoms with van der Waals surface area (Å²) in [5, 5.41) is 2.92. The van der Waals surface area contributed by atoms with Gasteiger partial charge < -0.3 is 14.8 Å². The van der Waals surface area contributed by atoms with E-state index in [9.17, 15) is 9.59 Å². The SMILES string of the molecule is CCc1cccc(C)c1NC(=O)COc1c(I)cc(C=O)cc1OC. The van der Waals surface area contributed by atoms with E-state index in [0.717, 1.165) is 29.5 Å². The van der Waals surface area contributed by atoms with Crippen LogP contribution in [0.3, 0.4) is 0 Å². The smallest absolute Gasteiger partial charge is 0.262 e. The Morgan fingerprint density at radius 1 is 1.32 bits per heavy atom. The van der Waals surface area contributed by atoms with Gasteiger partial charge in [0.25, 0.3) is 5.91 Å². The second kappa shape index (κ2) is 8.84. The third kappa shape index (κ3) is 4.72. The first-order valence-electron chi connectivity index (χ1n) is 7.84. The molecular weight excluding hydrogens is 433 g/mol. The van der Waals surface area contributed by atoms with E-state index in [1.54, 1.807) is 12.1 Å². The molecule has 2 aromatic rings. The van der Waals surface area contributed by atoms with Crippen molar-refractivity contribution in [2.45, 2.75) is 20.3 Å². The van der Waals surface area contributed by atoms with Crippen LogP contribution >= 0.6 is 22.6 Å². The molecule has 0 radical (unpaired) electrons. The molecule has 0 spiro atoms. The van der Waals surface area contributed by atoms with E-state index < -0.39 is 0 Å². The molecule has 0 bridgehead atoms. The van der Waals surface area contributed by atoms with Crippen molar-refractivity contribution in [3.05, 3.63) is 50.6 Å². The third-order valence-corrected chi connectivity index (χ3v) is 4.54. The molecule has 0 unspecified atom stereocenters. The lowest BCUT2D eigenvalue weighted by Crippen LogP contribution is -2.22. The van der Waals surface area contributed by atoms with Gasteiger partial charge in [-0.25, -0.2) is 0 Å². The zero-order valence-electron chi connectivity index (χ0n) is 14.4. The minimum atomic E-state index is -0.249. The van der Waals surface area contributed by atoms with E-state index >= 15 is 0 Å². The lowest BCUT2D eigenvalue weighted by molar-refractivity contribution is -0.118. The monoisotopic (exact) mass is 453 g/mol. The average molecular weight is 453 g/mol. The number of aldehydes is 1. The number of halogens is 1. The Morgan fingerprint density at radius 2 is 2.08 bits per heavy atom. The highest BCUT2D eigenvalue weighted by Gasteiger charge is 2.14. The minimum absolute atomic E-state index is 0.149. The van der Waals surface area contributed by atoms with Gasteiger partial charge in [0, 0.05) is 11.3 Å². The summed E-state index contributed by atoms with van der Waals surface area (Å²) in [7, 11) is 1.49. The highest BCUT2D eigenvalue weighted by atomic mass is 127. The van der Waals surface area contributed by atoms with Crippen molar-refractivity contribution in [1.82, 2.24) is 0 Å². The fourth-order valence-electron chi connectivity index (χ4n) is 2.46. The zero-order valence-corrected chi connectivity index (χ0v) is 16.5. The van der Waals surface area contributed by atoms with Crippen LogP contribution in [0.25, 0.3) is 0 Å².